The maximum atomic E-state index is 4.41. The Labute approximate surface area is 89.7 Å². The average molecular weight is 208 g/mol. The molecule has 1 fully saturated rings. The fourth-order valence-corrected chi connectivity index (χ4v) is 2.40. The smallest absolute Gasteiger partial charge is 0.0957 e. The third-order valence-corrected chi connectivity index (χ3v) is 3.53. The minimum Gasteiger partial charge on any atom is -0.299 e. The van der Waals surface area contributed by atoms with Crippen LogP contribution in [0, 0.1) is 0 Å². The first kappa shape index (κ1) is 9.99. The van der Waals surface area contributed by atoms with Crippen LogP contribution in [-0.4, -0.2) is 29.7 Å². The molecule has 1 aromatic rings. The Bertz CT molecular complexity index is 297. The lowest BCUT2D eigenvalue weighted by atomic mass is 10.1. The zero-order valence-electron chi connectivity index (χ0n) is 8.73. The maximum absolute atomic E-state index is 4.41. The fourth-order valence-electron chi connectivity index (χ4n) is 2.04. The van der Waals surface area contributed by atoms with Crippen molar-refractivity contribution in [3.63, 3.8) is 0 Å². The van der Waals surface area contributed by atoms with Crippen molar-refractivity contribution in [3.8, 4) is 0 Å². The predicted octanol–water partition coefficient (Wildman–Crippen LogP) is 2.57. The summed E-state index contributed by atoms with van der Waals surface area (Å²) in [5.41, 5.74) is 1.36. The molecular formula is C11H16N2S. The van der Waals surface area contributed by atoms with E-state index in [1.54, 1.807) is 11.8 Å². The Hall–Kier alpha value is -0.540. The molecule has 0 N–H and O–H groups in total. The van der Waals surface area contributed by atoms with E-state index in [1.165, 1.54) is 24.9 Å². The van der Waals surface area contributed by atoms with Crippen molar-refractivity contribution in [3.05, 3.63) is 23.9 Å². The summed E-state index contributed by atoms with van der Waals surface area (Å²) in [5.74, 6) is 0. The van der Waals surface area contributed by atoms with Gasteiger partial charge in [0.05, 0.1) is 5.03 Å². The molecule has 0 saturated carbocycles. The minimum absolute atomic E-state index is 0.596. The topological polar surface area (TPSA) is 16.1 Å². The van der Waals surface area contributed by atoms with E-state index in [1.807, 2.05) is 6.20 Å². The standard InChI is InChI=1S/C11H16N2S/c1-13-7-3-4-10(13)9-5-6-11(14-2)12-8-9/h5-6,8,10H,3-4,7H2,1-2H3. The van der Waals surface area contributed by atoms with Crippen LogP contribution < -0.4 is 0 Å². The molecular weight excluding hydrogens is 192 g/mol. The predicted molar refractivity (Wildman–Crippen MR) is 60.6 cm³/mol. The summed E-state index contributed by atoms with van der Waals surface area (Å²) >= 11 is 1.70. The maximum Gasteiger partial charge on any atom is 0.0957 e. The van der Waals surface area contributed by atoms with E-state index >= 15 is 0 Å². The van der Waals surface area contributed by atoms with E-state index in [2.05, 4.69) is 35.3 Å². The zero-order valence-corrected chi connectivity index (χ0v) is 9.55. The Morgan fingerprint density at radius 2 is 2.36 bits per heavy atom. The summed E-state index contributed by atoms with van der Waals surface area (Å²) < 4.78 is 0. The molecule has 76 valence electrons. The molecule has 0 aliphatic carbocycles. The van der Waals surface area contributed by atoms with E-state index in [0.717, 1.165) is 5.03 Å². The third-order valence-electron chi connectivity index (χ3n) is 2.87. The lowest BCUT2D eigenvalue weighted by Crippen LogP contribution is -2.17. The molecule has 0 bridgehead atoms. The molecule has 1 atom stereocenters. The first-order chi connectivity index (χ1) is 6.81. The van der Waals surface area contributed by atoms with Crippen LogP contribution in [0.2, 0.25) is 0 Å². The molecule has 1 aromatic heterocycles. The summed E-state index contributed by atoms with van der Waals surface area (Å²) in [7, 11) is 2.19. The molecule has 1 unspecified atom stereocenters. The van der Waals surface area contributed by atoms with Crippen molar-refractivity contribution in [2.24, 2.45) is 0 Å². The highest BCUT2D eigenvalue weighted by Gasteiger charge is 2.22. The van der Waals surface area contributed by atoms with E-state index in [0.29, 0.717) is 6.04 Å². The summed E-state index contributed by atoms with van der Waals surface area (Å²) in [6, 6.07) is 4.93. The van der Waals surface area contributed by atoms with Crippen molar-refractivity contribution in [1.82, 2.24) is 9.88 Å². The molecule has 1 aliphatic rings. The second-order valence-electron chi connectivity index (χ2n) is 3.77. The van der Waals surface area contributed by atoms with E-state index in [-0.39, 0.29) is 0 Å². The highest BCUT2D eigenvalue weighted by molar-refractivity contribution is 7.98. The molecule has 2 heterocycles. The minimum atomic E-state index is 0.596. The van der Waals surface area contributed by atoms with Crippen molar-refractivity contribution in [1.29, 1.82) is 0 Å². The Morgan fingerprint density at radius 3 is 2.86 bits per heavy atom. The second-order valence-corrected chi connectivity index (χ2v) is 4.60. The van der Waals surface area contributed by atoms with Gasteiger partial charge in [-0.25, -0.2) is 4.98 Å². The molecule has 1 aliphatic heterocycles. The van der Waals surface area contributed by atoms with Gasteiger partial charge in [-0.1, -0.05) is 6.07 Å². The highest BCUT2D eigenvalue weighted by Crippen LogP contribution is 2.30. The average Bonchev–Trinajstić information content (AvgIpc) is 2.65. The fraction of sp³-hybridized carbons (Fsp3) is 0.545. The molecule has 0 aromatic carbocycles. The second kappa shape index (κ2) is 4.32. The molecule has 1 saturated heterocycles. The van der Waals surface area contributed by atoms with Crippen LogP contribution in [0.5, 0.6) is 0 Å². The number of pyridine rings is 1. The largest absolute Gasteiger partial charge is 0.299 e. The number of rotatable bonds is 2. The van der Waals surface area contributed by atoms with Crippen LogP contribution in [0.4, 0.5) is 0 Å². The van der Waals surface area contributed by atoms with Gasteiger partial charge in [0.2, 0.25) is 0 Å². The van der Waals surface area contributed by atoms with Gasteiger partial charge < -0.3 is 0 Å². The monoisotopic (exact) mass is 208 g/mol. The molecule has 2 rings (SSSR count). The molecule has 0 amide bonds. The van der Waals surface area contributed by atoms with Crippen molar-refractivity contribution >= 4 is 11.8 Å². The number of hydrogen-bond donors (Lipinski definition) is 0. The van der Waals surface area contributed by atoms with Crippen LogP contribution in [0.15, 0.2) is 23.4 Å². The van der Waals surface area contributed by atoms with Gasteiger partial charge in [-0.2, -0.15) is 0 Å². The number of aromatic nitrogens is 1. The van der Waals surface area contributed by atoms with Crippen molar-refractivity contribution < 1.29 is 0 Å². The van der Waals surface area contributed by atoms with Crippen LogP contribution in [0.25, 0.3) is 0 Å². The van der Waals surface area contributed by atoms with Gasteiger partial charge in [0, 0.05) is 12.2 Å². The quantitative estimate of drug-likeness (QED) is 0.695. The first-order valence-electron chi connectivity index (χ1n) is 5.01. The number of thioether (sulfide) groups is 1. The van der Waals surface area contributed by atoms with Gasteiger partial charge in [-0.3, -0.25) is 4.90 Å². The zero-order chi connectivity index (χ0) is 9.97. The van der Waals surface area contributed by atoms with Crippen LogP contribution in [0.1, 0.15) is 24.4 Å². The highest BCUT2D eigenvalue weighted by atomic mass is 32.2. The summed E-state index contributed by atoms with van der Waals surface area (Å²) in [6.45, 7) is 1.22. The molecule has 2 nitrogen and oxygen atoms in total. The molecule has 0 radical (unpaired) electrons. The molecule has 0 spiro atoms. The van der Waals surface area contributed by atoms with E-state index < -0.39 is 0 Å². The van der Waals surface area contributed by atoms with Gasteiger partial charge >= 0.3 is 0 Å². The Morgan fingerprint density at radius 1 is 1.50 bits per heavy atom. The van der Waals surface area contributed by atoms with Crippen LogP contribution >= 0.6 is 11.8 Å². The SMILES string of the molecule is CSc1ccc(C2CCCN2C)cn1. The summed E-state index contributed by atoms with van der Waals surface area (Å²) in [6.07, 6.45) is 6.67. The van der Waals surface area contributed by atoms with Crippen molar-refractivity contribution in [2.75, 3.05) is 19.8 Å². The Balaban J connectivity index is 2.16. The molecule has 3 heteroatoms. The number of nitrogens with zero attached hydrogens (tertiary/aromatic N) is 2. The lowest BCUT2D eigenvalue weighted by molar-refractivity contribution is 0.317. The number of likely N-dealkylation sites (tertiary alicyclic amines) is 1. The third kappa shape index (κ3) is 1.93. The summed E-state index contributed by atoms with van der Waals surface area (Å²) in [4.78, 5) is 6.82. The van der Waals surface area contributed by atoms with Gasteiger partial charge in [0.1, 0.15) is 0 Å². The van der Waals surface area contributed by atoms with E-state index in [4.69, 9.17) is 0 Å². The van der Waals surface area contributed by atoms with Crippen LogP contribution in [0.3, 0.4) is 0 Å². The molecule has 14 heavy (non-hydrogen) atoms. The first-order valence-corrected chi connectivity index (χ1v) is 6.24. The normalized spacial score (nSPS) is 22.9. The number of hydrogen-bond acceptors (Lipinski definition) is 3. The lowest BCUT2D eigenvalue weighted by Gasteiger charge is -2.19. The van der Waals surface area contributed by atoms with Crippen molar-refractivity contribution in [2.45, 2.75) is 23.9 Å². The van der Waals surface area contributed by atoms with Gasteiger partial charge in [0.15, 0.2) is 0 Å². The van der Waals surface area contributed by atoms with E-state index in [9.17, 15) is 0 Å². The van der Waals surface area contributed by atoms with Gasteiger partial charge in [-0.05, 0) is 44.3 Å². The summed E-state index contributed by atoms with van der Waals surface area (Å²) in [5, 5.41) is 1.11. The Kier molecular flexibility index (Phi) is 3.08. The van der Waals surface area contributed by atoms with Gasteiger partial charge in [-0.15, -0.1) is 11.8 Å². The van der Waals surface area contributed by atoms with Gasteiger partial charge in [0.25, 0.3) is 0 Å². The van der Waals surface area contributed by atoms with Crippen LogP contribution in [-0.2, 0) is 0 Å².